The van der Waals surface area contributed by atoms with E-state index in [2.05, 4.69) is 4.74 Å². The standard InChI is InChI=1S/C22H25ClO5.C3H6O3/c1-3-26-19-7-4-15(5-8-19)10-16-11-17(6-9-20(16)23)22-13-18(24)12-21(25-2,28-22)14-27-22;1-2-6-3(4)5/h4-9,11,18,24H,3,10,12-14H2,1-2H3;2H2,1H3,(H,4,5)/t18?,21-,22-;/m1./s1. The second-order valence-corrected chi connectivity index (χ2v) is 8.49. The molecule has 0 aromatic heterocycles. The Kier molecular flexibility index (Phi) is 8.78. The second-order valence-electron chi connectivity index (χ2n) is 8.08. The van der Waals surface area contributed by atoms with Gasteiger partial charge in [0.15, 0.2) is 5.79 Å². The lowest BCUT2D eigenvalue weighted by Crippen LogP contribution is -2.46. The van der Waals surface area contributed by atoms with Gasteiger partial charge in [-0.15, -0.1) is 0 Å². The third-order valence-electron chi connectivity index (χ3n) is 5.68. The van der Waals surface area contributed by atoms with E-state index in [1.165, 1.54) is 0 Å². The molecule has 0 amide bonds. The number of aliphatic hydroxyl groups is 1. The van der Waals surface area contributed by atoms with Crippen molar-refractivity contribution in [1.29, 1.82) is 0 Å². The summed E-state index contributed by atoms with van der Waals surface area (Å²) in [4.78, 5) is 9.38. The van der Waals surface area contributed by atoms with E-state index in [0.717, 1.165) is 22.4 Å². The molecule has 2 N–H and O–H groups in total. The molecule has 186 valence electrons. The van der Waals surface area contributed by atoms with Crippen LogP contribution in [0.25, 0.3) is 0 Å². The summed E-state index contributed by atoms with van der Waals surface area (Å²) in [5, 5.41) is 18.7. The van der Waals surface area contributed by atoms with Gasteiger partial charge in [0, 0.05) is 30.5 Å². The summed E-state index contributed by atoms with van der Waals surface area (Å²) in [6.07, 6.45) is -0.327. The molecule has 2 aliphatic heterocycles. The van der Waals surface area contributed by atoms with Gasteiger partial charge in [-0.25, -0.2) is 4.79 Å². The van der Waals surface area contributed by atoms with Crippen LogP contribution >= 0.6 is 11.6 Å². The average Bonchev–Trinajstić information content (AvgIpc) is 3.09. The van der Waals surface area contributed by atoms with Gasteiger partial charge in [-0.3, -0.25) is 0 Å². The molecule has 2 aliphatic rings. The Hall–Kier alpha value is -2.36. The second kappa shape index (κ2) is 11.4. The van der Waals surface area contributed by atoms with Gasteiger partial charge in [-0.1, -0.05) is 29.8 Å². The number of halogens is 1. The van der Waals surface area contributed by atoms with E-state index in [-0.39, 0.29) is 13.2 Å². The molecule has 2 aromatic rings. The quantitative estimate of drug-likeness (QED) is 0.532. The van der Waals surface area contributed by atoms with Crippen molar-refractivity contribution in [2.24, 2.45) is 0 Å². The molecule has 0 aliphatic carbocycles. The lowest BCUT2D eigenvalue weighted by atomic mass is 9.91. The highest BCUT2D eigenvalue weighted by Crippen LogP contribution is 2.49. The first kappa shape index (κ1) is 26.2. The van der Waals surface area contributed by atoms with Crippen molar-refractivity contribution in [2.75, 3.05) is 26.9 Å². The molecule has 34 heavy (non-hydrogen) atoms. The number of benzene rings is 2. The third kappa shape index (κ3) is 6.20. The van der Waals surface area contributed by atoms with Crippen LogP contribution in [0.5, 0.6) is 5.75 Å². The van der Waals surface area contributed by atoms with Gasteiger partial charge in [-0.2, -0.15) is 0 Å². The zero-order chi connectivity index (χ0) is 24.8. The number of methoxy groups -OCH3 is 1. The zero-order valence-corrected chi connectivity index (χ0v) is 20.3. The number of aliphatic hydroxyl groups excluding tert-OH is 1. The summed E-state index contributed by atoms with van der Waals surface area (Å²) in [7, 11) is 1.58. The van der Waals surface area contributed by atoms with E-state index in [1.807, 2.05) is 49.4 Å². The van der Waals surface area contributed by atoms with E-state index in [1.54, 1.807) is 14.0 Å². The summed E-state index contributed by atoms with van der Waals surface area (Å²) in [6, 6.07) is 13.8. The number of hydrogen-bond acceptors (Lipinski definition) is 7. The molecular weight excluding hydrogens is 464 g/mol. The number of carbonyl (C=O) groups is 1. The van der Waals surface area contributed by atoms with Crippen molar-refractivity contribution in [3.8, 4) is 5.75 Å². The maximum Gasteiger partial charge on any atom is 0.505 e. The summed E-state index contributed by atoms with van der Waals surface area (Å²) < 4.78 is 27.2. The fourth-order valence-corrected chi connectivity index (χ4v) is 4.32. The maximum atomic E-state index is 10.4. The number of fused-ring (bicyclic) bond motifs is 2. The van der Waals surface area contributed by atoms with Crippen molar-refractivity contribution >= 4 is 17.8 Å². The minimum atomic E-state index is -1.21. The van der Waals surface area contributed by atoms with Crippen molar-refractivity contribution in [3.63, 3.8) is 0 Å². The fraction of sp³-hybridized carbons (Fsp3) is 0.480. The maximum absolute atomic E-state index is 10.4. The Morgan fingerprint density at radius 1 is 1.15 bits per heavy atom. The smallest absolute Gasteiger partial charge is 0.494 e. The molecule has 2 fully saturated rings. The minimum Gasteiger partial charge on any atom is -0.494 e. The van der Waals surface area contributed by atoms with Crippen LogP contribution in [0.15, 0.2) is 42.5 Å². The molecule has 9 heteroatoms. The van der Waals surface area contributed by atoms with Crippen LogP contribution in [0.2, 0.25) is 5.02 Å². The van der Waals surface area contributed by atoms with Crippen LogP contribution in [0, 0.1) is 0 Å². The number of hydrogen-bond donors (Lipinski definition) is 2. The largest absolute Gasteiger partial charge is 0.505 e. The van der Waals surface area contributed by atoms with E-state index in [0.29, 0.717) is 30.9 Å². The molecular formula is C25H31ClO8. The molecule has 4 rings (SSSR count). The fourth-order valence-electron chi connectivity index (χ4n) is 4.13. The predicted octanol–water partition coefficient (Wildman–Crippen LogP) is 4.73. The average molecular weight is 495 g/mol. The first-order valence-corrected chi connectivity index (χ1v) is 11.6. The molecule has 1 unspecified atom stereocenters. The minimum absolute atomic E-state index is 0.231. The summed E-state index contributed by atoms with van der Waals surface area (Å²) in [6.45, 7) is 4.75. The van der Waals surface area contributed by atoms with Crippen LogP contribution in [-0.2, 0) is 31.2 Å². The van der Waals surface area contributed by atoms with Gasteiger partial charge in [0.25, 0.3) is 0 Å². The molecule has 8 nitrogen and oxygen atoms in total. The number of ether oxygens (including phenoxy) is 5. The molecule has 2 bridgehead atoms. The zero-order valence-electron chi connectivity index (χ0n) is 19.6. The summed E-state index contributed by atoms with van der Waals surface area (Å²) in [5.41, 5.74) is 2.94. The number of rotatable bonds is 7. The van der Waals surface area contributed by atoms with Gasteiger partial charge in [0.2, 0.25) is 5.79 Å². The van der Waals surface area contributed by atoms with Gasteiger partial charge in [0.1, 0.15) is 12.4 Å². The van der Waals surface area contributed by atoms with Gasteiger partial charge >= 0.3 is 6.16 Å². The molecule has 0 saturated carbocycles. The molecule has 0 spiro atoms. The Labute approximate surface area is 204 Å². The molecule has 3 atom stereocenters. The first-order valence-electron chi connectivity index (χ1n) is 11.2. The molecule has 2 saturated heterocycles. The van der Waals surface area contributed by atoms with E-state index < -0.39 is 23.8 Å². The topological polar surface area (TPSA) is 104 Å². The highest BCUT2D eigenvalue weighted by Gasteiger charge is 2.58. The first-order chi connectivity index (χ1) is 16.2. The predicted molar refractivity (Wildman–Crippen MR) is 125 cm³/mol. The Morgan fingerprint density at radius 2 is 1.88 bits per heavy atom. The van der Waals surface area contributed by atoms with Crippen molar-refractivity contribution in [1.82, 2.24) is 0 Å². The Bertz CT molecular complexity index is 966. The third-order valence-corrected chi connectivity index (χ3v) is 6.05. The Morgan fingerprint density at radius 3 is 2.47 bits per heavy atom. The monoisotopic (exact) mass is 494 g/mol. The SMILES string of the molecule is CCOC(=O)O.CCOc1ccc(Cc2cc([C@]34CC(O)C[C@](OC)(CO3)O4)ccc2Cl)cc1. The van der Waals surface area contributed by atoms with Crippen LogP contribution in [0.1, 0.15) is 43.4 Å². The van der Waals surface area contributed by atoms with Gasteiger partial charge < -0.3 is 33.9 Å². The van der Waals surface area contributed by atoms with E-state index in [4.69, 9.17) is 35.7 Å². The van der Waals surface area contributed by atoms with Gasteiger partial charge in [0.05, 0.1) is 19.3 Å². The van der Waals surface area contributed by atoms with E-state index in [9.17, 15) is 9.90 Å². The normalized spacial score (nSPS) is 25.3. The highest BCUT2D eigenvalue weighted by molar-refractivity contribution is 6.31. The summed E-state index contributed by atoms with van der Waals surface area (Å²) in [5.74, 6) is -1.05. The highest BCUT2D eigenvalue weighted by atomic mass is 35.5. The van der Waals surface area contributed by atoms with Crippen LogP contribution < -0.4 is 4.74 Å². The van der Waals surface area contributed by atoms with Crippen LogP contribution in [0.4, 0.5) is 4.79 Å². The van der Waals surface area contributed by atoms with Crippen LogP contribution in [-0.4, -0.2) is 55.2 Å². The van der Waals surface area contributed by atoms with E-state index >= 15 is 0 Å². The lowest BCUT2D eigenvalue weighted by molar-refractivity contribution is -0.305. The molecule has 2 aromatic carbocycles. The molecule has 2 heterocycles. The lowest BCUT2D eigenvalue weighted by Gasteiger charge is -2.39. The molecule has 0 radical (unpaired) electrons. The van der Waals surface area contributed by atoms with Crippen molar-refractivity contribution in [3.05, 3.63) is 64.2 Å². The summed E-state index contributed by atoms with van der Waals surface area (Å²) >= 11 is 6.47. The number of carboxylic acid groups (broad SMARTS) is 1. The Balaban J connectivity index is 0.000000481. The van der Waals surface area contributed by atoms with Gasteiger partial charge in [-0.05, 0) is 55.7 Å². The van der Waals surface area contributed by atoms with Crippen molar-refractivity contribution in [2.45, 2.75) is 50.8 Å². The van der Waals surface area contributed by atoms with Crippen molar-refractivity contribution < 1.29 is 38.7 Å². The van der Waals surface area contributed by atoms with Crippen LogP contribution in [0.3, 0.4) is 0 Å².